The van der Waals surface area contributed by atoms with Crippen LogP contribution in [-0.4, -0.2) is 48.0 Å². The molecule has 0 bridgehead atoms. The van der Waals surface area contributed by atoms with E-state index in [4.69, 9.17) is 0 Å². The normalized spacial score (nSPS) is 44.2. The minimum absolute atomic E-state index is 0.0939. The maximum atomic E-state index is 11.5. The molecular formula is C15H30N3O2+. The van der Waals surface area contributed by atoms with Gasteiger partial charge in [-0.05, 0) is 32.6 Å². The standard InChI is InChI=1S/C15H29N3O2/c1-12-10-16-9-5-4-8-15(16)17(12)11-13-6-2-3-7-14(13)18(19)20/h12-15,18-19H,2-11H2,1H3/p+1. The van der Waals surface area contributed by atoms with Crippen molar-refractivity contribution < 1.29 is 15.3 Å². The summed E-state index contributed by atoms with van der Waals surface area (Å²) in [5, 5.41) is 20.4. The Morgan fingerprint density at radius 2 is 1.95 bits per heavy atom. The highest BCUT2D eigenvalue weighted by atomic mass is 16.8. The number of hydrogen-bond donors (Lipinski definition) is 3. The van der Waals surface area contributed by atoms with Gasteiger partial charge in [0, 0.05) is 25.3 Å². The Bertz CT molecular complexity index is 326. The van der Waals surface area contributed by atoms with Crippen molar-refractivity contribution in [2.24, 2.45) is 5.92 Å². The van der Waals surface area contributed by atoms with Crippen molar-refractivity contribution in [2.75, 3.05) is 19.6 Å². The molecule has 3 N–H and O–H groups in total. The molecule has 6 unspecified atom stereocenters. The third kappa shape index (κ3) is 2.88. The highest BCUT2D eigenvalue weighted by Gasteiger charge is 2.44. The van der Waals surface area contributed by atoms with Gasteiger partial charge < -0.3 is 10.1 Å². The Morgan fingerprint density at radius 3 is 2.75 bits per heavy atom. The minimum atomic E-state index is -0.561. The van der Waals surface area contributed by atoms with Crippen molar-refractivity contribution >= 4 is 0 Å². The van der Waals surface area contributed by atoms with Gasteiger partial charge in [-0.1, -0.05) is 6.42 Å². The van der Waals surface area contributed by atoms with Gasteiger partial charge in [0.05, 0.1) is 19.1 Å². The van der Waals surface area contributed by atoms with Crippen LogP contribution in [0.15, 0.2) is 0 Å². The highest BCUT2D eigenvalue weighted by molar-refractivity contribution is 4.84. The molecule has 0 spiro atoms. The Morgan fingerprint density at radius 1 is 1.20 bits per heavy atom. The molecule has 2 saturated heterocycles. The fraction of sp³-hybridized carbons (Fsp3) is 1.00. The first kappa shape index (κ1) is 14.7. The summed E-state index contributed by atoms with van der Waals surface area (Å²) in [6.07, 6.45) is 9.03. The van der Waals surface area contributed by atoms with E-state index in [1.807, 2.05) is 0 Å². The molecule has 2 aliphatic heterocycles. The number of rotatable bonds is 3. The van der Waals surface area contributed by atoms with Crippen LogP contribution in [0.1, 0.15) is 51.9 Å². The van der Waals surface area contributed by atoms with Crippen LogP contribution >= 0.6 is 0 Å². The molecule has 0 radical (unpaired) electrons. The molecule has 5 heteroatoms. The molecule has 116 valence electrons. The summed E-state index contributed by atoms with van der Waals surface area (Å²) in [6, 6.07) is 0.535. The number of nitrogens with one attached hydrogen (secondary N) is 2. The lowest BCUT2D eigenvalue weighted by Gasteiger charge is -2.39. The van der Waals surface area contributed by atoms with Gasteiger partial charge in [-0.15, -0.1) is 0 Å². The van der Waals surface area contributed by atoms with E-state index < -0.39 is 5.23 Å². The SMILES string of the molecule is CC1C[NH+]2CCCCC2N1CC1CCCCC1[NH+]([O-])O. The molecule has 0 aromatic rings. The van der Waals surface area contributed by atoms with E-state index in [-0.39, 0.29) is 6.04 Å². The van der Waals surface area contributed by atoms with Crippen molar-refractivity contribution in [2.45, 2.75) is 70.1 Å². The fourth-order valence-corrected chi connectivity index (χ4v) is 4.83. The van der Waals surface area contributed by atoms with Gasteiger partial charge in [-0.3, -0.25) is 0 Å². The lowest BCUT2D eigenvalue weighted by molar-refractivity contribution is -1.07. The van der Waals surface area contributed by atoms with E-state index in [0.717, 1.165) is 25.8 Å². The van der Waals surface area contributed by atoms with Gasteiger partial charge in [0.25, 0.3) is 0 Å². The molecule has 1 saturated carbocycles. The number of nitrogens with zero attached hydrogens (tertiary/aromatic N) is 1. The first-order valence-electron chi connectivity index (χ1n) is 8.50. The van der Waals surface area contributed by atoms with E-state index in [9.17, 15) is 10.4 Å². The summed E-state index contributed by atoms with van der Waals surface area (Å²) < 4.78 is 0. The second-order valence-electron chi connectivity index (χ2n) is 7.16. The fourth-order valence-electron chi connectivity index (χ4n) is 4.83. The summed E-state index contributed by atoms with van der Waals surface area (Å²) in [4.78, 5) is 4.41. The quantitative estimate of drug-likeness (QED) is 0.608. The van der Waals surface area contributed by atoms with Gasteiger partial charge in [0.1, 0.15) is 12.2 Å². The number of piperidine rings is 1. The first-order chi connectivity index (χ1) is 9.66. The van der Waals surface area contributed by atoms with Crippen LogP contribution in [0.5, 0.6) is 0 Å². The third-order valence-corrected chi connectivity index (χ3v) is 5.89. The Kier molecular flexibility index (Phi) is 4.62. The second kappa shape index (κ2) is 6.28. The van der Waals surface area contributed by atoms with Gasteiger partial charge in [0.15, 0.2) is 0 Å². The Hall–Kier alpha value is -0.200. The van der Waals surface area contributed by atoms with Crippen molar-refractivity contribution in [1.29, 1.82) is 0 Å². The van der Waals surface area contributed by atoms with Crippen LogP contribution in [0.4, 0.5) is 0 Å². The Labute approximate surface area is 122 Å². The lowest BCUT2D eigenvalue weighted by Crippen LogP contribution is -3.15. The van der Waals surface area contributed by atoms with Crippen LogP contribution in [0, 0.1) is 11.1 Å². The Balaban J connectivity index is 1.66. The third-order valence-electron chi connectivity index (χ3n) is 5.89. The summed E-state index contributed by atoms with van der Waals surface area (Å²) in [5.74, 6) is 0.380. The molecule has 3 fully saturated rings. The number of quaternary nitrogens is 2. The molecule has 20 heavy (non-hydrogen) atoms. The molecular weight excluding hydrogens is 254 g/mol. The van der Waals surface area contributed by atoms with Gasteiger partial charge in [-0.2, -0.15) is 0 Å². The maximum Gasteiger partial charge on any atom is 0.144 e. The summed E-state index contributed by atoms with van der Waals surface area (Å²) in [7, 11) is 0. The number of fused-ring (bicyclic) bond motifs is 1. The van der Waals surface area contributed by atoms with Crippen molar-refractivity contribution in [3.8, 4) is 0 Å². The number of hydroxylamine groups is 2. The van der Waals surface area contributed by atoms with E-state index in [2.05, 4.69) is 11.8 Å². The zero-order valence-electron chi connectivity index (χ0n) is 12.7. The van der Waals surface area contributed by atoms with Crippen LogP contribution in [0.3, 0.4) is 0 Å². The van der Waals surface area contributed by atoms with E-state index in [0.29, 0.717) is 18.1 Å². The molecule has 3 aliphatic rings. The lowest BCUT2D eigenvalue weighted by atomic mass is 9.84. The number of hydrogen-bond acceptors (Lipinski definition) is 3. The summed E-state index contributed by atoms with van der Waals surface area (Å²) >= 11 is 0. The predicted molar refractivity (Wildman–Crippen MR) is 76.4 cm³/mol. The predicted octanol–water partition coefficient (Wildman–Crippen LogP) is -0.584. The van der Waals surface area contributed by atoms with Crippen molar-refractivity contribution in [3.05, 3.63) is 5.21 Å². The monoisotopic (exact) mass is 284 g/mol. The topological polar surface area (TPSA) is 55.4 Å². The maximum absolute atomic E-state index is 11.5. The molecule has 0 aromatic heterocycles. The van der Waals surface area contributed by atoms with E-state index >= 15 is 0 Å². The largest absolute Gasteiger partial charge is 0.600 e. The van der Waals surface area contributed by atoms with Crippen molar-refractivity contribution in [1.82, 2.24) is 4.90 Å². The molecule has 0 aromatic carbocycles. The summed E-state index contributed by atoms with van der Waals surface area (Å²) in [6.45, 7) is 5.93. The summed E-state index contributed by atoms with van der Waals surface area (Å²) in [5.41, 5.74) is 0. The first-order valence-corrected chi connectivity index (χ1v) is 8.50. The average Bonchev–Trinajstić information content (AvgIpc) is 2.76. The second-order valence-corrected chi connectivity index (χ2v) is 7.16. The van der Waals surface area contributed by atoms with Crippen LogP contribution in [0.25, 0.3) is 0 Å². The van der Waals surface area contributed by atoms with Gasteiger partial charge in [0.2, 0.25) is 0 Å². The molecule has 0 amide bonds. The average molecular weight is 284 g/mol. The molecule has 3 rings (SSSR count). The highest BCUT2D eigenvalue weighted by Crippen LogP contribution is 2.26. The molecule has 6 atom stereocenters. The van der Waals surface area contributed by atoms with Crippen LogP contribution in [-0.2, 0) is 0 Å². The zero-order chi connectivity index (χ0) is 14.1. The van der Waals surface area contributed by atoms with Gasteiger partial charge in [-0.25, -0.2) is 15.3 Å². The molecule has 1 aliphatic carbocycles. The minimum Gasteiger partial charge on any atom is -0.600 e. The van der Waals surface area contributed by atoms with E-state index in [1.165, 1.54) is 38.8 Å². The molecule has 5 nitrogen and oxygen atoms in total. The van der Waals surface area contributed by atoms with Crippen LogP contribution in [0.2, 0.25) is 0 Å². The smallest absolute Gasteiger partial charge is 0.144 e. The van der Waals surface area contributed by atoms with Crippen LogP contribution < -0.4 is 10.1 Å². The zero-order valence-corrected chi connectivity index (χ0v) is 12.7. The molecule has 2 heterocycles. The van der Waals surface area contributed by atoms with E-state index in [1.54, 1.807) is 4.90 Å². The van der Waals surface area contributed by atoms with Crippen molar-refractivity contribution in [3.63, 3.8) is 0 Å². The van der Waals surface area contributed by atoms with Gasteiger partial charge >= 0.3 is 0 Å².